The van der Waals surface area contributed by atoms with Crippen LogP contribution in [0.1, 0.15) is 17.7 Å². The zero-order valence-corrected chi connectivity index (χ0v) is 20.4. The van der Waals surface area contributed by atoms with Crippen LogP contribution < -0.4 is 14.8 Å². The standard InChI is InChI=1S/C24H24F2N6O3S/c1-13-3-8-17(25)20(11-13)36(33,34)32-16-6-4-15(5-7-16)22-28-23-21(14(2)30-31-23)24(29-22)35-19-9-10-27-12-18(19)26/h3-8,11,18-19,27,32H,9-10,12H2,1-2H3,(H,28,29,30,31). The van der Waals surface area contributed by atoms with E-state index in [0.29, 0.717) is 40.8 Å². The van der Waals surface area contributed by atoms with Gasteiger partial charge in [-0.15, -0.1) is 0 Å². The van der Waals surface area contributed by atoms with Gasteiger partial charge >= 0.3 is 0 Å². The molecule has 0 saturated carbocycles. The fourth-order valence-corrected chi connectivity index (χ4v) is 5.25. The van der Waals surface area contributed by atoms with E-state index in [9.17, 15) is 17.2 Å². The van der Waals surface area contributed by atoms with Crippen LogP contribution in [0.15, 0.2) is 47.4 Å². The van der Waals surface area contributed by atoms with Crippen molar-refractivity contribution < 1.29 is 21.9 Å². The molecule has 5 rings (SSSR count). The predicted molar refractivity (Wildman–Crippen MR) is 131 cm³/mol. The number of anilines is 1. The summed E-state index contributed by atoms with van der Waals surface area (Å²) in [5, 5.41) is 10.6. The van der Waals surface area contributed by atoms with Gasteiger partial charge < -0.3 is 10.1 Å². The molecule has 1 fully saturated rings. The maximum Gasteiger partial charge on any atom is 0.264 e. The monoisotopic (exact) mass is 514 g/mol. The number of fused-ring (bicyclic) bond motifs is 1. The van der Waals surface area contributed by atoms with Crippen molar-refractivity contribution in [2.75, 3.05) is 17.8 Å². The zero-order chi connectivity index (χ0) is 25.4. The van der Waals surface area contributed by atoms with Gasteiger partial charge in [0.1, 0.15) is 28.4 Å². The van der Waals surface area contributed by atoms with E-state index in [1.54, 1.807) is 26.0 Å². The number of aromatic amines is 1. The molecule has 4 aromatic rings. The number of hydrogen-bond acceptors (Lipinski definition) is 7. The molecule has 0 bridgehead atoms. The maximum atomic E-state index is 14.4. The minimum Gasteiger partial charge on any atom is -0.471 e. The van der Waals surface area contributed by atoms with Gasteiger partial charge in [0.15, 0.2) is 11.5 Å². The molecule has 1 aliphatic heterocycles. The summed E-state index contributed by atoms with van der Waals surface area (Å²) in [6, 6.07) is 10.2. The number of rotatable bonds is 6. The van der Waals surface area contributed by atoms with Crippen LogP contribution in [0.4, 0.5) is 14.5 Å². The molecule has 0 spiro atoms. The molecule has 1 saturated heterocycles. The molecule has 2 aromatic carbocycles. The lowest BCUT2D eigenvalue weighted by atomic mass is 10.1. The quantitative estimate of drug-likeness (QED) is 0.359. The number of ether oxygens (including phenoxy) is 1. The predicted octanol–water partition coefficient (Wildman–Crippen LogP) is 3.66. The number of aryl methyl sites for hydroxylation is 2. The molecule has 3 heterocycles. The van der Waals surface area contributed by atoms with Crippen LogP contribution in [0, 0.1) is 19.7 Å². The van der Waals surface area contributed by atoms with Crippen molar-refractivity contribution in [3.05, 3.63) is 59.5 Å². The topological polar surface area (TPSA) is 122 Å². The Labute approximate surface area is 206 Å². The number of benzene rings is 2. The third-order valence-electron chi connectivity index (χ3n) is 5.94. The first-order chi connectivity index (χ1) is 17.2. The summed E-state index contributed by atoms with van der Waals surface area (Å²) in [5.74, 6) is -0.319. The van der Waals surface area contributed by atoms with Crippen molar-refractivity contribution >= 4 is 26.7 Å². The fourth-order valence-electron chi connectivity index (χ4n) is 4.03. The number of hydrogen-bond donors (Lipinski definition) is 3. The summed E-state index contributed by atoms with van der Waals surface area (Å²) < 4.78 is 62.3. The van der Waals surface area contributed by atoms with Gasteiger partial charge in [-0.25, -0.2) is 22.2 Å². The van der Waals surface area contributed by atoms with Gasteiger partial charge in [-0.1, -0.05) is 6.07 Å². The normalized spacial score (nSPS) is 18.3. The first-order valence-corrected chi connectivity index (χ1v) is 12.8. The van der Waals surface area contributed by atoms with Crippen molar-refractivity contribution in [1.82, 2.24) is 25.5 Å². The number of sulfonamides is 1. The number of alkyl halides is 1. The van der Waals surface area contributed by atoms with E-state index in [0.717, 1.165) is 6.07 Å². The molecule has 3 N–H and O–H groups in total. The van der Waals surface area contributed by atoms with Gasteiger partial charge in [0, 0.05) is 23.5 Å². The molecule has 12 heteroatoms. The lowest BCUT2D eigenvalue weighted by Crippen LogP contribution is -2.44. The van der Waals surface area contributed by atoms with Crippen molar-refractivity contribution in [2.24, 2.45) is 0 Å². The van der Waals surface area contributed by atoms with Crippen LogP contribution in [0.3, 0.4) is 0 Å². The van der Waals surface area contributed by atoms with Crippen LogP contribution in [0.25, 0.3) is 22.4 Å². The highest BCUT2D eigenvalue weighted by atomic mass is 32.2. The summed E-state index contributed by atoms with van der Waals surface area (Å²) in [6.07, 6.45) is -1.33. The second-order valence-corrected chi connectivity index (χ2v) is 10.3. The number of piperidine rings is 1. The first kappa shape index (κ1) is 24.1. The number of aromatic nitrogens is 4. The Bertz CT molecular complexity index is 1530. The van der Waals surface area contributed by atoms with Crippen LogP contribution >= 0.6 is 0 Å². The van der Waals surface area contributed by atoms with E-state index >= 15 is 0 Å². The Hall–Kier alpha value is -3.64. The molecule has 0 aliphatic carbocycles. The third-order valence-corrected chi connectivity index (χ3v) is 7.34. The molecule has 2 aromatic heterocycles. The third kappa shape index (κ3) is 4.73. The number of nitrogens with zero attached hydrogens (tertiary/aromatic N) is 3. The van der Waals surface area contributed by atoms with E-state index in [1.165, 1.54) is 24.3 Å². The van der Waals surface area contributed by atoms with Crippen molar-refractivity contribution in [3.63, 3.8) is 0 Å². The summed E-state index contributed by atoms with van der Waals surface area (Å²) >= 11 is 0. The van der Waals surface area contributed by atoms with Gasteiger partial charge in [-0.2, -0.15) is 10.1 Å². The number of halogens is 2. The van der Waals surface area contributed by atoms with E-state index < -0.39 is 33.0 Å². The second-order valence-electron chi connectivity index (χ2n) is 8.68. The molecule has 0 radical (unpaired) electrons. The molecular weight excluding hydrogens is 490 g/mol. The number of nitrogens with one attached hydrogen (secondary N) is 3. The lowest BCUT2D eigenvalue weighted by molar-refractivity contribution is 0.0707. The van der Waals surface area contributed by atoms with E-state index in [-0.39, 0.29) is 23.9 Å². The average molecular weight is 515 g/mol. The first-order valence-electron chi connectivity index (χ1n) is 11.3. The van der Waals surface area contributed by atoms with Gasteiger partial charge in [0.05, 0.1) is 0 Å². The Morgan fingerprint density at radius 3 is 2.64 bits per heavy atom. The summed E-state index contributed by atoms with van der Waals surface area (Å²) in [5.41, 5.74) is 2.49. The largest absolute Gasteiger partial charge is 0.471 e. The Balaban J connectivity index is 1.44. The van der Waals surface area contributed by atoms with Crippen molar-refractivity contribution in [1.29, 1.82) is 0 Å². The highest BCUT2D eigenvalue weighted by Crippen LogP contribution is 2.30. The second kappa shape index (κ2) is 9.43. The van der Waals surface area contributed by atoms with Crippen molar-refractivity contribution in [2.45, 2.75) is 37.4 Å². The highest BCUT2D eigenvalue weighted by Gasteiger charge is 2.28. The smallest absolute Gasteiger partial charge is 0.264 e. The molecule has 2 atom stereocenters. The van der Waals surface area contributed by atoms with E-state index in [1.807, 2.05) is 0 Å². The molecule has 9 nitrogen and oxygen atoms in total. The zero-order valence-electron chi connectivity index (χ0n) is 19.5. The molecule has 1 aliphatic rings. The van der Waals surface area contributed by atoms with Crippen molar-refractivity contribution in [3.8, 4) is 17.3 Å². The SMILES string of the molecule is Cc1ccc(F)c(S(=O)(=O)Nc2ccc(-c3nc(OC4CCNCC4F)c4c(C)[nH]nc4n3)cc2)c1. The maximum absolute atomic E-state index is 14.4. The average Bonchev–Trinajstić information content (AvgIpc) is 3.23. The van der Waals surface area contributed by atoms with Crippen LogP contribution in [-0.2, 0) is 10.0 Å². The van der Waals surface area contributed by atoms with Gasteiger partial charge in [0.2, 0.25) is 5.88 Å². The highest BCUT2D eigenvalue weighted by molar-refractivity contribution is 7.92. The summed E-state index contributed by atoms with van der Waals surface area (Å²) in [6.45, 7) is 4.33. The number of H-pyrrole nitrogens is 1. The van der Waals surface area contributed by atoms with E-state index in [4.69, 9.17) is 4.74 Å². The van der Waals surface area contributed by atoms with Gasteiger partial charge in [-0.05, 0) is 68.8 Å². The summed E-state index contributed by atoms with van der Waals surface area (Å²) in [7, 11) is -4.13. The molecule has 36 heavy (non-hydrogen) atoms. The summed E-state index contributed by atoms with van der Waals surface area (Å²) in [4.78, 5) is 8.59. The van der Waals surface area contributed by atoms with Gasteiger partial charge in [-0.3, -0.25) is 9.82 Å². The van der Waals surface area contributed by atoms with Crippen LogP contribution in [0.2, 0.25) is 0 Å². The fraction of sp³-hybridized carbons (Fsp3) is 0.292. The molecule has 0 amide bonds. The van der Waals surface area contributed by atoms with Gasteiger partial charge in [0.25, 0.3) is 10.0 Å². The minimum absolute atomic E-state index is 0.208. The molecule has 188 valence electrons. The van der Waals surface area contributed by atoms with Crippen LogP contribution in [-0.4, -0.2) is 53.9 Å². The Kier molecular flexibility index (Phi) is 6.31. The Morgan fingerprint density at radius 1 is 1.11 bits per heavy atom. The lowest BCUT2D eigenvalue weighted by Gasteiger charge is -2.27. The minimum atomic E-state index is -4.13. The molecular formula is C24H24F2N6O3S. The Morgan fingerprint density at radius 2 is 1.89 bits per heavy atom. The molecule has 2 unspecified atom stereocenters. The van der Waals surface area contributed by atoms with Crippen LogP contribution in [0.5, 0.6) is 5.88 Å². The van der Waals surface area contributed by atoms with E-state index in [2.05, 4.69) is 30.2 Å².